The number of aromatic nitrogens is 1. The highest BCUT2D eigenvalue weighted by molar-refractivity contribution is 14.0. The number of nitrogens with zero attached hydrogens (tertiary/aromatic N) is 2. The number of ether oxygens (including phenoxy) is 1. The number of pyridine rings is 1. The van der Waals surface area contributed by atoms with Gasteiger partial charge in [0.05, 0.1) is 4.90 Å². The Hall–Kier alpha value is -1.88. The maximum absolute atomic E-state index is 11.8. The minimum absolute atomic E-state index is 0. The first kappa shape index (κ1) is 25.4. The number of benzene rings is 1. The molecule has 170 valence electrons. The molecule has 9 heteroatoms. The predicted molar refractivity (Wildman–Crippen MR) is 134 cm³/mol. The molecule has 1 aliphatic carbocycles. The van der Waals surface area contributed by atoms with E-state index in [9.17, 15) is 8.42 Å². The topological polar surface area (TPSA) is 92.7 Å². The first-order chi connectivity index (χ1) is 14.3. The van der Waals surface area contributed by atoms with Crippen molar-refractivity contribution in [3.63, 3.8) is 0 Å². The number of aliphatic imine (C=N–C) groups is 1. The van der Waals surface area contributed by atoms with Crippen LogP contribution in [0.2, 0.25) is 0 Å². The highest BCUT2D eigenvalue weighted by atomic mass is 127. The summed E-state index contributed by atoms with van der Waals surface area (Å²) in [4.78, 5) is 8.94. The lowest BCUT2D eigenvalue weighted by Gasteiger charge is -2.15. The largest absolute Gasteiger partial charge is 0.474 e. The molecule has 0 spiro atoms. The fourth-order valence-electron chi connectivity index (χ4n) is 3.63. The van der Waals surface area contributed by atoms with Crippen molar-refractivity contribution in [3.8, 4) is 5.88 Å². The van der Waals surface area contributed by atoms with Gasteiger partial charge in [0.2, 0.25) is 5.88 Å². The number of hydrogen-bond acceptors (Lipinski definition) is 5. The normalized spacial score (nSPS) is 14.7. The minimum atomic E-state index is -3.21. The lowest BCUT2D eigenvalue weighted by atomic mass is 10.1. The van der Waals surface area contributed by atoms with E-state index >= 15 is 0 Å². The number of nitrogens with one attached hydrogen (secondary N) is 2. The van der Waals surface area contributed by atoms with Crippen molar-refractivity contribution in [1.29, 1.82) is 0 Å². The number of aryl methyl sites for hydroxylation is 1. The van der Waals surface area contributed by atoms with Crippen LogP contribution in [0.3, 0.4) is 0 Å². The zero-order valence-electron chi connectivity index (χ0n) is 18.2. The van der Waals surface area contributed by atoms with Crippen molar-refractivity contribution in [2.75, 3.05) is 13.3 Å². The maximum atomic E-state index is 11.8. The van der Waals surface area contributed by atoms with Crippen LogP contribution in [-0.2, 0) is 22.9 Å². The average Bonchev–Trinajstić information content (AvgIpc) is 3.20. The van der Waals surface area contributed by atoms with Gasteiger partial charge in [-0.05, 0) is 61.4 Å². The molecule has 1 saturated carbocycles. The Morgan fingerprint density at radius 3 is 2.35 bits per heavy atom. The quantitative estimate of drug-likeness (QED) is 0.307. The molecule has 0 saturated heterocycles. The molecule has 1 fully saturated rings. The fraction of sp³-hybridized carbons (Fsp3) is 0.455. The molecule has 0 radical (unpaired) electrons. The van der Waals surface area contributed by atoms with E-state index in [4.69, 9.17) is 4.74 Å². The Morgan fingerprint density at radius 2 is 1.77 bits per heavy atom. The molecule has 0 aliphatic heterocycles. The predicted octanol–water partition coefficient (Wildman–Crippen LogP) is 3.60. The molecule has 3 rings (SSSR count). The van der Waals surface area contributed by atoms with Gasteiger partial charge in [-0.2, -0.15) is 0 Å². The lowest BCUT2D eigenvalue weighted by molar-refractivity contribution is 0.201. The second kappa shape index (κ2) is 11.7. The van der Waals surface area contributed by atoms with Gasteiger partial charge in [0.15, 0.2) is 15.8 Å². The number of halogens is 1. The van der Waals surface area contributed by atoms with Crippen LogP contribution >= 0.6 is 24.0 Å². The SMILES string of the molecule is CN=C(NCc1ccnc(OC2CCCC2)c1)NCc1ccc(S(C)(=O)=O)c(C)c1.I. The van der Waals surface area contributed by atoms with E-state index in [-0.39, 0.29) is 30.1 Å². The number of hydrogen-bond donors (Lipinski definition) is 2. The van der Waals surface area contributed by atoms with Crippen LogP contribution in [0.5, 0.6) is 5.88 Å². The highest BCUT2D eigenvalue weighted by Crippen LogP contribution is 2.23. The molecule has 1 aromatic heterocycles. The number of rotatable bonds is 7. The lowest BCUT2D eigenvalue weighted by Crippen LogP contribution is -2.36. The van der Waals surface area contributed by atoms with Gasteiger partial charge in [-0.15, -0.1) is 24.0 Å². The third-order valence-electron chi connectivity index (χ3n) is 5.17. The van der Waals surface area contributed by atoms with Crippen molar-refractivity contribution < 1.29 is 13.2 Å². The van der Waals surface area contributed by atoms with Gasteiger partial charge in [0, 0.05) is 38.7 Å². The first-order valence-electron chi connectivity index (χ1n) is 10.2. The van der Waals surface area contributed by atoms with Crippen LogP contribution in [0.25, 0.3) is 0 Å². The first-order valence-corrected chi connectivity index (χ1v) is 12.1. The Bertz CT molecular complexity index is 1010. The zero-order valence-corrected chi connectivity index (χ0v) is 21.4. The van der Waals surface area contributed by atoms with E-state index in [2.05, 4.69) is 20.6 Å². The van der Waals surface area contributed by atoms with Gasteiger partial charge in [0.25, 0.3) is 0 Å². The standard InChI is InChI=1S/C22H30N4O3S.HI/c1-16-12-17(8-9-20(16)30(3,27)28)14-25-22(23-2)26-15-18-10-11-24-21(13-18)29-19-6-4-5-7-19;/h8-13,19H,4-7,14-15H2,1-3H3,(H2,23,25,26);1H. The maximum Gasteiger partial charge on any atom is 0.213 e. The third-order valence-corrected chi connectivity index (χ3v) is 6.43. The highest BCUT2D eigenvalue weighted by Gasteiger charge is 2.17. The molecule has 2 aromatic rings. The fourth-order valence-corrected chi connectivity index (χ4v) is 4.59. The Kier molecular flexibility index (Phi) is 9.54. The van der Waals surface area contributed by atoms with E-state index in [0.29, 0.717) is 29.8 Å². The van der Waals surface area contributed by atoms with Gasteiger partial charge in [-0.25, -0.2) is 13.4 Å². The van der Waals surface area contributed by atoms with Crippen LogP contribution in [0, 0.1) is 6.92 Å². The summed E-state index contributed by atoms with van der Waals surface area (Å²) < 4.78 is 29.5. The van der Waals surface area contributed by atoms with Gasteiger partial charge in [0.1, 0.15) is 6.10 Å². The Morgan fingerprint density at radius 1 is 1.13 bits per heavy atom. The molecule has 31 heavy (non-hydrogen) atoms. The smallest absolute Gasteiger partial charge is 0.213 e. The van der Waals surface area contributed by atoms with Crippen LogP contribution in [0.15, 0.2) is 46.4 Å². The Balaban J connectivity index is 0.00000341. The van der Waals surface area contributed by atoms with Crippen LogP contribution < -0.4 is 15.4 Å². The van der Waals surface area contributed by atoms with Crippen LogP contribution in [-0.4, -0.2) is 38.8 Å². The monoisotopic (exact) mass is 558 g/mol. The molecule has 1 heterocycles. The summed E-state index contributed by atoms with van der Waals surface area (Å²) in [6.45, 7) is 2.94. The molecule has 2 N–H and O–H groups in total. The summed E-state index contributed by atoms with van der Waals surface area (Å²) in [5, 5.41) is 6.54. The summed E-state index contributed by atoms with van der Waals surface area (Å²) in [5.41, 5.74) is 2.79. The van der Waals surface area contributed by atoms with Gasteiger partial charge in [-0.1, -0.05) is 12.1 Å². The second-order valence-corrected chi connectivity index (χ2v) is 9.66. The average molecular weight is 558 g/mol. The van der Waals surface area contributed by atoms with Crippen molar-refractivity contribution in [2.45, 2.75) is 56.7 Å². The zero-order chi connectivity index (χ0) is 21.6. The van der Waals surface area contributed by atoms with Crippen LogP contribution in [0.1, 0.15) is 42.4 Å². The molecule has 0 unspecified atom stereocenters. The third kappa shape index (κ3) is 7.64. The number of guanidine groups is 1. The molecule has 7 nitrogen and oxygen atoms in total. The summed E-state index contributed by atoms with van der Waals surface area (Å²) in [6, 6.07) is 9.27. The van der Waals surface area contributed by atoms with Crippen molar-refractivity contribution in [2.24, 2.45) is 4.99 Å². The molecule has 1 aromatic carbocycles. The molecular weight excluding hydrogens is 527 g/mol. The van der Waals surface area contributed by atoms with E-state index in [1.165, 1.54) is 19.1 Å². The number of sulfone groups is 1. The summed E-state index contributed by atoms with van der Waals surface area (Å²) >= 11 is 0. The summed E-state index contributed by atoms with van der Waals surface area (Å²) in [5.74, 6) is 1.33. The van der Waals surface area contributed by atoms with E-state index in [0.717, 1.165) is 29.5 Å². The van der Waals surface area contributed by atoms with Gasteiger partial charge in [-0.3, -0.25) is 4.99 Å². The molecule has 0 atom stereocenters. The van der Waals surface area contributed by atoms with Crippen molar-refractivity contribution >= 4 is 39.8 Å². The van der Waals surface area contributed by atoms with Gasteiger partial charge >= 0.3 is 0 Å². The molecular formula is C22H31IN4O3S. The molecule has 1 aliphatic rings. The van der Waals surface area contributed by atoms with Crippen molar-refractivity contribution in [1.82, 2.24) is 15.6 Å². The molecule has 0 bridgehead atoms. The van der Waals surface area contributed by atoms with Crippen LogP contribution in [0.4, 0.5) is 0 Å². The Labute approximate surface area is 202 Å². The molecule has 0 amide bonds. The van der Waals surface area contributed by atoms with Crippen molar-refractivity contribution in [3.05, 3.63) is 53.2 Å². The summed E-state index contributed by atoms with van der Waals surface area (Å²) in [7, 11) is -1.49. The van der Waals surface area contributed by atoms with Gasteiger partial charge < -0.3 is 15.4 Å². The minimum Gasteiger partial charge on any atom is -0.474 e. The summed E-state index contributed by atoms with van der Waals surface area (Å²) in [6.07, 6.45) is 7.94. The van der Waals surface area contributed by atoms with E-state index in [1.54, 1.807) is 19.3 Å². The van der Waals surface area contributed by atoms with E-state index in [1.807, 2.05) is 31.2 Å². The van der Waals surface area contributed by atoms with E-state index < -0.39 is 9.84 Å². The second-order valence-electron chi connectivity index (χ2n) is 7.68.